The number of carbonyl (C=O) groups is 1. The van der Waals surface area contributed by atoms with Gasteiger partial charge in [-0.05, 0) is 48.9 Å². The summed E-state index contributed by atoms with van der Waals surface area (Å²) in [5.74, 6) is -0.245. The van der Waals surface area contributed by atoms with E-state index < -0.39 is 0 Å². The molecule has 2 rings (SSSR count). The van der Waals surface area contributed by atoms with Crippen LogP contribution >= 0.6 is 39.7 Å². The highest BCUT2D eigenvalue weighted by Crippen LogP contribution is 2.23. The molecule has 0 saturated carbocycles. The van der Waals surface area contributed by atoms with Crippen LogP contribution in [0.15, 0.2) is 40.9 Å². The molecule has 0 spiro atoms. The summed E-state index contributed by atoms with van der Waals surface area (Å²) in [6.07, 6.45) is 0. The highest BCUT2D eigenvalue weighted by Gasteiger charge is 2.12. The first kappa shape index (κ1) is 15.9. The molecule has 0 unspecified atom stereocenters. The van der Waals surface area contributed by atoms with E-state index in [9.17, 15) is 4.79 Å². The molecular formula is C15H12BrClN2OS. The van der Waals surface area contributed by atoms with Gasteiger partial charge in [-0.2, -0.15) is 0 Å². The maximum atomic E-state index is 12.3. The van der Waals surface area contributed by atoms with E-state index in [1.54, 1.807) is 30.3 Å². The third kappa shape index (κ3) is 3.81. The third-order valence-corrected chi connectivity index (χ3v) is 4.26. The SMILES string of the molecule is Cc1cc(C(=O)Nc2cc(Cl)ccc2C(N)=S)ccc1Br. The van der Waals surface area contributed by atoms with Crippen LogP contribution in [0.5, 0.6) is 0 Å². The van der Waals surface area contributed by atoms with E-state index in [4.69, 9.17) is 29.6 Å². The summed E-state index contributed by atoms with van der Waals surface area (Å²) in [5, 5.41) is 3.29. The number of amides is 1. The number of nitrogens with two attached hydrogens (primary N) is 1. The van der Waals surface area contributed by atoms with Crippen molar-refractivity contribution in [2.75, 3.05) is 5.32 Å². The highest BCUT2D eigenvalue weighted by atomic mass is 79.9. The molecule has 0 aliphatic rings. The molecule has 1 amide bonds. The van der Waals surface area contributed by atoms with Crippen molar-refractivity contribution in [1.29, 1.82) is 0 Å². The number of benzene rings is 2. The summed E-state index contributed by atoms with van der Waals surface area (Å²) in [6.45, 7) is 1.92. The van der Waals surface area contributed by atoms with E-state index in [-0.39, 0.29) is 10.9 Å². The summed E-state index contributed by atoms with van der Waals surface area (Å²) < 4.78 is 0.950. The van der Waals surface area contributed by atoms with Gasteiger partial charge in [0.2, 0.25) is 0 Å². The zero-order chi connectivity index (χ0) is 15.6. The Morgan fingerprint density at radius 1 is 1.29 bits per heavy atom. The minimum Gasteiger partial charge on any atom is -0.389 e. The molecule has 0 radical (unpaired) electrons. The van der Waals surface area contributed by atoms with Gasteiger partial charge >= 0.3 is 0 Å². The Kier molecular flexibility index (Phi) is 4.98. The molecule has 0 heterocycles. The largest absolute Gasteiger partial charge is 0.389 e. The van der Waals surface area contributed by atoms with Gasteiger partial charge in [-0.25, -0.2) is 0 Å². The van der Waals surface area contributed by atoms with Crippen LogP contribution in [0.25, 0.3) is 0 Å². The van der Waals surface area contributed by atoms with E-state index in [2.05, 4.69) is 21.2 Å². The minimum atomic E-state index is -0.245. The Hall–Kier alpha value is -1.43. The quantitative estimate of drug-likeness (QED) is 0.777. The van der Waals surface area contributed by atoms with E-state index in [1.165, 1.54) is 0 Å². The summed E-state index contributed by atoms with van der Waals surface area (Å²) in [7, 11) is 0. The molecule has 0 bridgehead atoms. The van der Waals surface area contributed by atoms with Crippen molar-refractivity contribution in [2.24, 2.45) is 5.73 Å². The number of nitrogens with one attached hydrogen (secondary N) is 1. The molecule has 0 aliphatic carbocycles. The zero-order valence-corrected chi connectivity index (χ0v) is 14.3. The fourth-order valence-electron chi connectivity index (χ4n) is 1.82. The molecule has 2 aromatic carbocycles. The molecule has 0 aromatic heterocycles. The normalized spacial score (nSPS) is 10.2. The lowest BCUT2D eigenvalue weighted by Gasteiger charge is -2.11. The van der Waals surface area contributed by atoms with E-state index in [1.807, 2.05) is 13.0 Å². The predicted octanol–water partition coefficient (Wildman–Crippen LogP) is 4.30. The number of hydrogen-bond donors (Lipinski definition) is 2. The number of thiocarbonyl (C=S) groups is 1. The van der Waals surface area contributed by atoms with E-state index >= 15 is 0 Å². The Morgan fingerprint density at radius 2 is 2.00 bits per heavy atom. The highest BCUT2D eigenvalue weighted by molar-refractivity contribution is 9.10. The Balaban J connectivity index is 2.33. The van der Waals surface area contributed by atoms with Gasteiger partial charge in [0.1, 0.15) is 4.99 Å². The molecule has 21 heavy (non-hydrogen) atoms. The summed E-state index contributed by atoms with van der Waals surface area (Å²) in [6, 6.07) is 10.3. The van der Waals surface area contributed by atoms with Crippen LogP contribution < -0.4 is 11.1 Å². The second-order valence-electron chi connectivity index (χ2n) is 4.47. The second kappa shape index (κ2) is 6.56. The number of anilines is 1. The van der Waals surface area contributed by atoms with Gasteiger partial charge in [-0.1, -0.05) is 39.7 Å². The first-order valence-corrected chi connectivity index (χ1v) is 7.63. The van der Waals surface area contributed by atoms with Crippen LogP contribution in [0, 0.1) is 6.92 Å². The first-order valence-electron chi connectivity index (χ1n) is 6.05. The monoisotopic (exact) mass is 382 g/mol. The van der Waals surface area contributed by atoms with E-state index in [0.717, 1.165) is 10.0 Å². The molecule has 108 valence electrons. The third-order valence-electron chi connectivity index (χ3n) is 2.92. The Labute approximate surface area is 141 Å². The van der Waals surface area contributed by atoms with Gasteiger partial charge in [0.05, 0.1) is 5.69 Å². The van der Waals surface area contributed by atoms with Gasteiger partial charge in [-0.3, -0.25) is 4.79 Å². The van der Waals surface area contributed by atoms with Crippen LogP contribution in [0.4, 0.5) is 5.69 Å². The number of hydrogen-bond acceptors (Lipinski definition) is 2. The first-order chi connectivity index (χ1) is 9.88. The fraction of sp³-hybridized carbons (Fsp3) is 0.0667. The van der Waals surface area contributed by atoms with Crippen molar-refractivity contribution in [2.45, 2.75) is 6.92 Å². The maximum Gasteiger partial charge on any atom is 0.255 e. The summed E-state index contributed by atoms with van der Waals surface area (Å²) in [4.78, 5) is 12.5. The molecule has 2 aromatic rings. The maximum absolute atomic E-state index is 12.3. The van der Waals surface area contributed by atoms with Crippen molar-refractivity contribution in [1.82, 2.24) is 0 Å². The molecular weight excluding hydrogens is 372 g/mol. The average Bonchev–Trinajstić information content (AvgIpc) is 2.41. The lowest BCUT2D eigenvalue weighted by Crippen LogP contribution is -2.17. The van der Waals surface area contributed by atoms with Crippen molar-refractivity contribution >= 4 is 56.3 Å². The lowest BCUT2D eigenvalue weighted by molar-refractivity contribution is 0.102. The van der Waals surface area contributed by atoms with Crippen LogP contribution in [-0.2, 0) is 0 Å². The van der Waals surface area contributed by atoms with Gasteiger partial charge in [0.25, 0.3) is 5.91 Å². The van der Waals surface area contributed by atoms with Crippen molar-refractivity contribution < 1.29 is 4.79 Å². The van der Waals surface area contributed by atoms with Crippen LogP contribution in [0.1, 0.15) is 21.5 Å². The number of carbonyl (C=O) groups excluding carboxylic acids is 1. The predicted molar refractivity (Wildman–Crippen MR) is 94.2 cm³/mol. The van der Waals surface area contributed by atoms with Gasteiger partial charge in [0.15, 0.2) is 0 Å². The Bertz CT molecular complexity index is 734. The van der Waals surface area contributed by atoms with Gasteiger partial charge in [0, 0.05) is 20.6 Å². The van der Waals surface area contributed by atoms with Crippen LogP contribution in [0.3, 0.4) is 0 Å². The topological polar surface area (TPSA) is 55.1 Å². The summed E-state index contributed by atoms with van der Waals surface area (Å²) in [5.41, 5.74) is 8.26. The van der Waals surface area contributed by atoms with Gasteiger partial charge < -0.3 is 11.1 Å². The minimum absolute atomic E-state index is 0.203. The van der Waals surface area contributed by atoms with Gasteiger partial charge in [-0.15, -0.1) is 0 Å². The molecule has 0 fully saturated rings. The zero-order valence-electron chi connectivity index (χ0n) is 11.1. The second-order valence-corrected chi connectivity index (χ2v) is 6.20. The molecule has 3 N–H and O–H groups in total. The lowest BCUT2D eigenvalue weighted by atomic mass is 10.1. The van der Waals surface area contributed by atoms with Crippen molar-refractivity contribution in [3.05, 3.63) is 62.6 Å². The summed E-state index contributed by atoms with van der Waals surface area (Å²) >= 11 is 14.3. The fourth-order valence-corrected chi connectivity index (χ4v) is 2.41. The molecule has 0 atom stereocenters. The smallest absolute Gasteiger partial charge is 0.255 e. The van der Waals surface area contributed by atoms with Crippen LogP contribution in [-0.4, -0.2) is 10.9 Å². The standard InChI is InChI=1S/C15H12BrClN2OS/c1-8-6-9(2-5-12(8)16)15(20)19-13-7-10(17)3-4-11(13)14(18)21/h2-7H,1H3,(H2,18,21)(H,19,20). The molecule has 3 nitrogen and oxygen atoms in total. The van der Waals surface area contributed by atoms with E-state index in [0.29, 0.717) is 21.8 Å². The molecule has 0 saturated heterocycles. The molecule has 0 aliphatic heterocycles. The van der Waals surface area contributed by atoms with Crippen LogP contribution in [0.2, 0.25) is 5.02 Å². The molecule has 6 heteroatoms. The number of rotatable bonds is 3. The van der Waals surface area contributed by atoms with Crippen molar-refractivity contribution in [3.8, 4) is 0 Å². The number of aryl methyl sites for hydroxylation is 1. The average molecular weight is 384 g/mol. The number of halogens is 2. The Morgan fingerprint density at radius 3 is 2.62 bits per heavy atom. The van der Waals surface area contributed by atoms with Crippen molar-refractivity contribution in [3.63, 3.8) is 0 Å².